The molecule has 10 nitrogen and oxygen atoms in total. The first-order valence-electron chi connectivity index (χ1n) is 24.3. The van der Waals surface area contributed by atoms with E-state index in [1.807, 2.05) is 6.21 Å². The highest BCUT2D eigenvalue weighted by Crippen LogP contribution is 2.48. The third-order valence-corrected chi connectivity index (χ3v) is 16.1. The van der Waals surface area contributed by atoms with Crippen molar-refractivity contribution < 1.29 is 34.8 Å². The molecule has 0 aromatic heterocycles. The lowest BCUT2D eigenvalue weighted by Gasteiger charge is -2.44. The van der Waals surface area contributed by atoms with Gasteiger partial charge in [0, 0.05) is 43.8 Å². The lowest BCUT2D eigenvalue weighted by Crippen LogP contribution is -2.45. The summed E-state index contributed by atoms with van der Waals surface area (Å²) >= 11 is 0. The number of carbonyl (C=O) groups excluding carboxylic acids is 2. The molecule has 0 amide bonds. The SMILES string of the molecule is CCCC(C(O)CC1=C[C+](C(C)CCCCO)C=N1)C1CC(CC2CCNC(N)C2)CC2C#CC(C3CCCCC3)C3CC(O)C(OC)CC3CCC(=O)C(O)C(=O)C2C1. The molecule has 0 bridgehead atoms. The number of aliphatic hydroxyl groups is 4. The van der Waals surface area contributed by atoms with Gasteiger partial charge >= 0.3 is 0 Å². The highest BCUT2D eigenvalue weighted by Gasteiger charge is 2.47. The minimum absolute atomic E-state index is 0.00104. The molecule has 15 unspecified atom stereocenters. The van der Waals surface area contributed by atoms with Crippen LogP contribution in [-0.2, 0) is 14.3 Å². The predicted molar refractivity (Wildman–Crippen MR) is 236 cm³/mol. The highest BCUT2D eigenvalue weighted by molar-refractivity contribution is 6.06. The van der Waals surface area contributed by atoms with Gasteiger partial charge in [0.2, 0.25) is 0 Å². The second-order valence-electron chi connectivity index (χ2n) is 20.2. The number of methoxy groups -OCH3 is 1. The number of fused-ring (bicyclic) bond motifs is 2. The third kappa shape index (κ3) is 12.3. The van der Waals surface area contributed by atoms with Crippen molar-refractivity contribution in [1.82, 2.24) is 5.32 Å². The molecule has 0 spiro atoms. The van der Waals surface area contributed by atoms with Crippen LogP contribution in [0.4, 0.5) is 0 Å². The lowest BCUT2D eigenvalue weighted by molar-refractivity contribution is -0.142. The molecule has 10 heteroatoms. The van der Waals surface area contributed by atoms with Crippen LogP contribution in [0.15, 0.2) is 16.8 Å². The normalized spacial score (nSPS) is 37.3. The Morgan fingerprint density at radius 1 is 0.967 bits per heavy atom. The Bertz CT molecular complexity index is 1500. The molecular formula is C50H80N3O7+. The lowest BCUT2D eigenvalue weighted by atomic mass is 9.63. The molecule has 60 heavy (non-hydrogen) atoms. The minimum atomic E-state index is -1.70. The van der Waals surface area contributed by atoms with Crippen LogP contribution in [0.3, 0.4) is 0 Å². The Morgan fingerprint density at radius 3 is 2.50 bits per heavy atom. The zero-order valence-electron chi connectivity index (χ0n) is 37.2. The van der Waals surface area contributed by atoms with E-state index >= 15 is 0 Å². The molecule has 0 radical (unpaired) electrons. The van der Waals surface area contributed by atoms with Crippen molar-refractivity contribution in [1.29, 1.82) is 0 Å². The first-order valence-corrected chi connectivity index (χ1v) is 24.3. The van der Waals surface area contributed by atoms with E-state index in [0.29, 0.717) is 49.9 Å². The number of rotatable bonds is 15. The Labute approximate surface area is 361 Å². The summed E-state index contributed by atoms with van der Waals surface area (Å²) in [5.74, 6) is 8.75. The number of hydrogen-bond donors (Lipinski definition) is 6. The molecule has 4 aliphatic carbocycles. The van der Waals surface area contributed by atoms with Crippen molar-refractivity contribution in [3.63, 3.8) is 0 Å². The van der Waals surface area contributed by atoms with Gasteiger partial charge in [-0.3, -0.25) is 9.59 Å². The molecule has 2 aliphatic heterocycles. The molecule has 336 valence electrons. The first-order chi connectivity index (χ1) is 29.0. The second-order valence-corrected chi connectivity index (χ2v) is 20.2. The number of nitrogens with one attached hydrogen (secondary N) is 1. The monoisotopic (exact) mass is 835 g/mol. The topological polar surface area (TPSA) is 175 Å². The maximum Gasteiger partial charge on any atom is 0.177 e. The number of aliphatic hydroxyl groups excluding tert-OH is 4. The molecule has 4 fully saturated rings. The molecule has 2 heterocycles. The number of unbranched alkanes of at least 4 members (excludes halogenated alkanes) is 1. The smallest absolute Gasteiger partial charge is 0.177 e. The first kappa shape index (κ1) is 47.4. The van der Waals surface area contributed by atoms with Gasteiger partial charge in [-0.25, -0.2) is 0 Å². The Balaban J connectivity index is 1.34. The highest BCUT2D eigenvalue weighted by atomic mass is 16.5. The summed E-state index contributed by atoms with van der Waals surface area (Å²) in [6, 6.07) is 0. The summed E-state index contributed by atoms with van der Waals surface area (Å²) in [6.07, 6.45) is 18.3. The van der Waals surface area contributed by atoms with E-state index < -0.39 is 35.8 Å². The fourth-order valence-corrected chi connectivity index (χ4v) is 12.7. The summed E-state index contributed by atoms with van der Waals surface area (Å²) in [4.78, 5) is 33.4. The number of ether oxygens (including phenoxy) is 1. The number of carbonyl (C=O) groups is 2. The van der Waals surface area contributed by atoms with Gasteiger partial charge in [0.05, 0.1) is 30.9 Å². The third-order valence-electron chi connectivity index (χ3n) is 16.1. The maximum absolute atomic E-state index is 14.8. The van der Waals surface area contributed by atoms with Gasteiger partial charge in [-0.05, 0) is 151 Å². The van der Waals surface area contributed by atoms with Gasteiger partial charge in [0.15, 0.2) is 23.4 Å². The van der Waals surface area contributed by atoms with E-state index in [4.69, 9.17) is 15.5 Å². The molecular weight excluding hydrogens is 755 g/mol. The zero-order valence-corrected chi connectivity index (χ0v) is 37.2. The number of piperidine rings is 1. The Kier molecular flexibility index (Phi) is 18.2. The molecule has 3 saturated carbocycles. The number of nitrogens with zero attached hydrogens (tertiary/aromatic N) is 1. The van der Waals surface area contributed by atoms with Gasteiger partial charge in [-0.2, -0.15) is 0 Å². The molecule has 0 aromatic carbocycles. The van der Waals surface area contributed by atoms with Crippen LogP contribution < -0.4 is 11.1 Å². The van der Waals surface area contributed by atoms with Crippen LogP contribution in [-0.4, -0.2) is 89.1 Å². The Hall–Kier alpha value is -2.10. The van der Waals surface area contributed by atoms with Crippen LogP contribution in [0.2, 0.25) is 0 Å². The molecule has 1 saturated heterocycles. The van der Waals surface area contributed by atoms with Gasteiger partial charge in [-0.15, -0.1) is 4.99 Å². The van der Waals surface area contributed by atoms with Crippen molar-refractivity contribution in [2.45, 2.75) is 179 Å². The van der Waals surface area contributed by atoms with Crippen LogP contribution in [0.1, 0.15) is 149 Å². The quantitative estimate of drug-likeness (QED) is 0.0454. The number of ketones is 2. The van der Waals surface area contributed by atoms with E-state index in [0.717, 1.165) is 95.2 Å². The number of hydrogen-bond acceptors (Lipinski definition) is 10. The second kappa shape index (κ2) is 23.0. The van der Waals surface area contributed by atoms with Crippen molar-refractivity contribution in [2.75, 3.05) is 20.3 Å². The zero-order chi connectivity index (χ0) is 42.8. The number of allylic oxidation sites excluding steroid dienone is 1. The van der Waals surface area contributed by atoms with E-state index in [-0.39, 0.29) is 66.7 Å². The maximum atomic E-state index is 14.8. The molecule has 6 aliphatic rings. The summed E-state index contributed by atoms with van der Waals surface area (Å²) in [5.41, 5.74) is 7.32. The van der Waals surface area contributed by atoms with Gasteiger partial charge in [0.25, 0.3) is 0 Å². The summed E-state index contributed by atoms with van der Waals surface area (Å²) in [5, 5.41) is 47.9. The average molecular weight is 835 g/mol. The molecule has 7 N–H and O–H groups in total. The fourth-order valence-electron chi connectivity index (χ4n) is 12.7. The van der Waals surface area contributed by atoms with Crippen LogP contribution in [0, 0.1) is 82.9 Å². The van der Waals surface area contributed by atoms with Gasteiger partial charge in [-0.1, -0.05) is 44.4 Å². The van der Waals surface area contributed by atoms with Gasteiger partial charge in [0.1, 0.15) is 18.2 Å². The van der Waals surface area contributed by atoms with E-state index in [2.05, 4.69) is 37.1 Å². The van der Waals surface area contributed by atoms with Crippen molar-refractivity contribution in [3.8, 4) is 11.8 Å². The van der Waals surface area contributed by atoms with E-state index in [9.17, 15) is 30.0 Å². The molecule has 15 atom stereocenters. The van der Waals surface area contributed by atoms with E-state index in [1.54, 1.807) is 7.11 Å². The van der Waals surface area contributed by atoms with Crippen molar-refractivity contribution in [2.24, 2.45) is 75.8 Å². The number of aliphatic imine (C=N–C) groups is 1. The van der Waals surface area contributed by atoms with E-state index in [1.165, 1.54) is 19.3 Å². The largest absolute Gasteiger partial charge is 0.396 e. The summed E-state index contributed by atoms with van der Waals surface area (Å²) in [6.45, 7) is 5.44. The fraction of sp³-hybridized carbons (Fsp3) is 0.840. The minimum Gasteiger partial charge on any atom is -0.396 e. The Morgan fingerprint density at radius 2 is 1.77 bits per heavy atom. The standard InChI is InChI=1S/C50H80N3O7/c1-4-10-41(45(56)28-39-25-38(30-53-39)31(2)11-8-9-20-54)37-23-33(21-32-18-19-52-48(51)24-32)22-35-14-16-40(34-12-6-5-7-13-34)42-29-46(57)47(60-3)27-36(42)15-17-44(55)50(59)49(58)43(35)26-37/h25,30-37,40-43,45-48,50,52,54,56-57,59H,4-13,15,17-24,26-29,51H2,1-3H3/q+1. The van der Waals surface area contributed by atoms with Crippen molar-refractivity contribution >= 4 is 17.8 Å². The van der Waals surface area contributed by atoms with Crippen LogP contribution >= 0.6 is 0 Å². The summed E-state index contributed by atoms with van der Waals surface area (Å²) < 4.78 is 5.74. The van der Waals surface area contributed by atoms with Crippen molar-refractivity contribution in [3.05, 3.63) is 17.7 Å². The van der Waals surface area contributed by atoms with Gasteiger partial charge < -0.3 is 36.2 Å². The van der Waals surface area contributed by atoms with Crippen LogP contribution in [0.5, 0.6) is 0 Å². The predicted octanol–water partition coefficient (Wildman–Crippen LogP) is 6.71. The summed E-state index contributed by atoms with van der Waals surface area (Å²) in [7, 11) is 1.64. The molecule has 6 rings (SSSR count). The number of Topliss-reactive ketones (excluding diaryl/α,β-unsaturated/α-hetero) is 2. The average Bonchev–Trinajstić information content (AvgIpc) is 3.63. The van der Waals surface area contributed by atoms with Crippen LogP contribution in [0.25, 0.3) is 0 Å². The number of nitrogens with two attached hydrogens (primary N) is 1. The molecule has 0 aromatic rings.